The number of carbonyl (C=O) groups excluding carboxylic acids is 2. The van der Waals surface area contributed by atoms with Crippen molar-refractivity contribution >= 4 is 23.7 Å². The molecule has 2 aliphatic heterocycles. The number of piperidine rings is 1. The second-order valence-corrected chi connectivity index (χ2v) is 7.11. The van der Waals surface area contributed by atoms with Crippen LogP contribution in [0.2, 0.25) is 0 Å². The van der Waals surface area contributed by atoms with Gasteiger partial charge in [0.1, 0.15) is 5.82 Å². The molecule has 0 saturated carbocycles. The second kappa shape index (κ2) is 7.19. The van der Waals surface area contributed by atoms with Gasteiger partial charge in [0.2, 0.25) is 0 Å². The number of amides is 3. The summed E-state index contributed by atoms with van der Waals surface area (Å²) in [5.41, 5.74) is 0.393. The Bertz CT molecular complexity index is 694. The van der Waals surface area contributed by atoms with Gasteiger partial charge in [-0.05, 0) is 38.8 Å². The molecule has 2 fully saturated rings. The highest BCUT2D eigenvalue weighted by Gasteiger charge is 2.40. The number of hydrogen-bond acceptors (Lipinski definition) is 4. The van der Waals surface area contributed by atoms with Crippen LogP contribution in [0, 0.1) is 5.41 Å². The molecule has 26 heavy (non-hydrogen) atoms. The van der Waals surface area contributed by atoms with Gasteiger partial charge in [0.15, 0.2) is 5.96 Å². The van der Waals surface area contributed by atoms with Crippen molar-refractivity contribution in [1.29, 1.82) is 5.41 Å². The van der Waals surface area contributed by atoms with Gasteiger partial charge in [-0.2, -0.15) is 0 Å². The van der Waals surface area contributed by atoms with Gasteiger partial charge in [-0.1, -0.05) is 0 Å². The molecule has 0 bridgehead atoms. The van der Waals surface area contributed by atoms with E-state index >= 15 is 0 Å². The SMILES string of the molecule is CC(C)NC(=O)Nc1ccc(C(=O)N2CCC3(CC2)CNC(=N)N3)cn1. The van der Waals surface area contributed by atoms with Crippen molar-refractivity contribution in [2.24, 2.45) is 0 Å². The van der Waals surface area contributed by atoms with Gasteiger partial charge in [-0.15, -0.1) is 0 Å². The van der Waals surface area contributed by atoms with E-state index in [-0.39, 0.29) is 23.5 Å². The number of rotatable bonds is 3. The van der Waals surface area contributed by atoms with Crippen LogP contribution >= 0.6 is 0 Å². The summed E-state index contributed by atoms with van der Waals surface area (Å²) in [5, 5.41) is 19.2. The molecular formula is C17H25N7O2. The fraction of sp³-hybridized carbons (Fsp3) is 0.529. The summed E-state index contributed by atoms with van der Waals surface area (Å²) < 4.78 is 0. The molecule has 3 heterocycles. The zero-order valence-electron chi connectivity index (χ0n) is 15.1. The first kappa shape index (κ1) is 18.0. The number of aromatic nitrogens is 1. The number of guanidine groups is 1. The van der Waals surface area contributed by atoms with Gasteiger partial charge in [0.05, 0.1) is 11.1 Å². The van der Waals surface area contributed by atoms with E-state index < -0.39 is 0 Å². The van der Waals surface area contributed by atoms with Crippen LogP contribution in [0.4, 0.5) is 10.6 Å². The van der Waals surface area contributed by atoms with Crippen LogP contribution in [0.1, 0.15) is 37.0 Å². The Morgan fingerprint density at radius 3 is 2.58 bits per heavy atom. The van der Waals surface area contributed by atoms with Crippen LogP contribution in [0.15, 0.2) is 18.3 Å². The van der Waals surface area contributed by atoms with E-state index in [0.717, 1.165) is 19.4 Å². The minimum atomic E-state index is -0.323. The van der Waals surface area contributed by atoms with Crippen molar-refractivity contribution in [2.75, 3.05) is 25.0 Å². The number of nitrogens with zero attached hydrogens (tertiary/aromatic N) is 2. The molecule has 0 radical (unpaired) electrons. The lowest BCUT2D eigenvalue weighted by molar-refractivity contribution is 0.0668. The number of hydrogen-bond donors (Lipinski definition) is 5. The Kier molecular flexibility index (Phi) is 4.97. The molecule has 1 aromatic heterocycles. The highest BCUT2D eigenvalue weighted by atomic mass is 16.2. The van der Waals surface area contributed by atoms with Gasteiger partial charge < -0.3 is 20.9 Å². The smallest absolute Gasteiger partial charge is 0.320 e. The molecule has 0 aliphatic carbocycles. The summed E-state index contributed by atoms with van der Waals surface area (Å²) >= 11 is 0. The van der Waals surface area contributed by atoms with Crippen molar-refractivity contribution in [2.45, 2.75) is 38.3 Å². The van der Waals surface area contributed by atoms with Crippen molar-refractivity contribution in [3.05, 3.63) is 23.9 Å². The quantitative estimate of drug-likeness (QED) is 0.544. The van der Waals surface area contributed by atoms with Crippen molar-refractivity contribution in [3.63, 3.8) is 0 Å². The lowest BCUT2D eigenvalue weighted by atomic mass is 9.88. The summed E-state index contributed by atoms with van der Waals surface area (Å²) in [6.45, 7) is 5.75. The first-order valence-corrected chi connectivity index (χ1v) is 8.80. The molecule has 0 aromatic carbocycles. The predicted molar refractivity (Wildman–Crippen MR) is 98.3 cm³/mol. The third-order valence-corrected chi connectivity index (χ3v) is 4.67. The minimum Gasteiger partial charge on any atom is -0.354 e. The molecule has 5 N–H and O–H groups in total. The summed E-state index contributed by atoms with van der Waals surface area (Å²) in [4.78, 5) is 30.3. The maximum atomic E-state index is 12.7. The average molecular weight is 359 g/mol. The second-order valence-electron chi connectivity index (χ2n) is 7.11. The first-order valence-electron chi connectivity index (χ1n) is 8.80. The van der Waals surface area contributed by atoms with Gasteiger partial charge in [-0.25, -0.2) is 9.78 Å². The Morgan fingerprint density at radius 2 is 2.04 bits per heavy atom. The molecule has 3 rings (SSSR count). The van der Waals surface area contributed by atoms with Crippen LogP contribution in [0.25, 0.3) is 0 Å². The number of pyridine rings is 1. The first-order chi connectivity index (χ1) is 12.4. The lowest BCUT2D eigenvalue weighted by Gasteiger charge is -2.38. The van der Waals surface area contributed by atoms with Crippen LogP contribution in [0.5, 0.6) is 0 Å². The maximum Gasteiger partial charge on any atom is 0.320 e. The third-order valence-electron chi connectivity index (χ3n) is 4.67. The van der Waals surface area contributed by atoms with Crippen molar-refractivity contribution in [1.82, 2.24) is 25.8 Å². The third kappa shape index (κ3) is 4.04. The monoisotopic (exact) mass is 359 g/mol. The van der Waals surface area contributed by atoms with E-state index in [1.54, 1.807) is 12.1 Å². The molecule has 140 valence electrons. The Balaban J connectivity index is 1.55. The molecule has 1 aromatic rings. The molecule has 0 unspecified atom stereocenters. The molecule has 9 heteroatoms. The highest BCUT2D eigenvalue weighted by Crippen LogP contribution is 2.25. The largest absolute Gasteiger partial charge is 0.354 e. The topological polar surface area (TPSA) is 122 Å². The zero-order chi connectivity index (χ0) is 18.7. The number of carbonyl (C=O) groups is 2. The Morgan fingerprint density at radius 1 is 1.31 bits per heavy atom. The van der Waals surface area contributed by atoms with E-state index in [0.29, 0.717) is 30.4 Å². The molecule has 3 amide bonds. The normalized spacial score (nSPS) is 18.4. The van der Waals surface area contributed by atoms with Gasteiger partial charge in [0, 0.05) is 31.9 Å². The van der Waals surface area contributed by atoms with Crippen LogP contribution in [-0.4, -0.2) is 59.0 Å². The van der Waals surface area contributed by atoms with E-state index in [1.807, 2.05) is 18.7 Å². The number of likely N-dealkylation sites (tertiary alicyclic amines) is 1. The van der Waals surface area contributed by atoms with Crippen molar-refractivity contribution in [3.8, 4) is 0 Å². The average Bonchev–Trinajstić information content (AvgIpc) is 2.95. The van der Waals surface area contributed by atoms with E-state index in [4.69, 9.17) is 5.41 Å². The number of anilines is 1. The summed E-state index contributed by atoms with van der Waals surface area (Å²) in [6, 6.07) is 3.01. The molecule has 1 spiro atoms. The van der Waals surface area contributed by atoms with Gasteiger partial charge >= 0.3 is 6.03 Å². The summed E-state index contributed by atoms with van der Waals surface area (Å²) in [7, 11) is 0. The van der Waals surface area contributed by atoms with E-state index in [2.05, 4.69) is 26.3 Å². The highest BCUT2D eigenvalue weighted by molar-refractivity contribution is 5.95. The molecule has 0 atom stereocenters. The fourth-order valence-electron chi connectivity index (χ4n) is 3.24. The number of urea groups is 1. The zero-order valence-corrected chi connectivity index (χ0v) is 15.1. The van der Waals surface area contributed by atoms with Crippen LogP contribution in [-0.2, 0) is 0 Å². The molecular weight excluding hydrogens is 334 g/mol. The van der Waals surface area contributed by atoms with E-state index in [1.165, 1.54) is 6.20 Å². The van der Waals surface area contributed by atoms with Gasteiger partial charge in [0.25, 0.3) is 5.91 Å². The fourth-order valence-corrected chi connectivity index (χ4v) is 3.24. The standard InChI is InChI=1S/C17H25N7O2/c1-11(2)21-16(26)22-13-4-3-12(9-19-13)14(25)24-7-5-17(6-8-24)10-20-15(18)23-17/h3-4,9,11H,5-8,10H2,1-2H3,(H3,18,20,23)(H2,19,21,22,26). The lowest BCUT2D eigenvalue weighted by Crippen LogP contribution is -2.53. The van der Waals surface area contributed by atoms with Crippen molar-refractivity contribution < 1.29 is 9.59 Å². The maximum absolute atomic E-state index is 12.7. The summed E-state index contributed by atoms with van der Waals surface area (Å²) in [6.07, 6.45) is 3.09. The van der Waals surface area contributed by atoms with E-state index in [9.17, 15) is 9.59 Å². The number of nitrogens with one attached hydrogen (secondary N) is 5. The van der Waals surface area contributed by atoms with Crippen LogP contribution < -0.4 is 21.3 Å². The molecule has 2 saturated heterocycles. The molecule has 2 aliphatic rings. The molecule has 9 nitrogen and oxygen atoms in total. The van der Waals surface area contributed by atoms with Gasteiger partial charge in [-0.3, -0.25) is 15.5 Å². The minimum absolute atomic E-state index is 0.0338. The Hall–Kier alpha value is -2.84. The predicted octanol–water partition coefficient (Wildman–Crippen LogP) is 0.714. The Labute approximate surface area is 152 Å². The summed E-state index contributed by atoms with van der Waals surface area (Å²) in [5.74, 6) is 0.696. The van der Waals surface area contributed by atoms with Crippen LogP contribution in [0.3, 0.4) is 0 Å².